The fraction of sp³-hybridized carbons (Fsp3) is 0.105. The van der Waals surface area contributed by atoms with Crippen LogP contribution in [0.5, 0.6) is 11.5 Å². The molecule has 0 unspecified atom stereocenters. The number of para-hydroxylation sites is 1. The third-order valence-corrected chi connectivity index (χ3v) is 4.28. The second kappa shape index (κ2) is 7.76. The molecule has 1 aromatic heterocycles. The van der Waals surface area contributed by atoms with Crippen LogP contribution >= 0.6 is 11.8 Å². The van der Waals surface area contributed by atoms with Gasteiger partial charge in [0.05, 0.1) is 24.9 Å². The number of hydrogen-bond acceptors (Lipinski definition) is 6. The van der Waals surface area contributed by atoms with E-state index in [1.165, 1.54) is 37.2 Å². The van der Waals surface area contributed by atoms with Crippen molar-refractivity contribution in [1.82, 2.24) is 9.55 Å². The zero-order chi connectivity index (χ0) is 18.5. The van der Waals surface area contributed by atoms with Crippen LogP contribution in [0.15, 0.2) is 59.9 Å². The summed E-state index contributed by atoms with van der Waals surface area (Å²) in [5.41, 5.74) is 1.53. The average molecular weight is 365 g/mol. The lowest BCUT2D eigenvalue weighted by Crippen LogP contribution is -2.14. The number of nitrogens with zero attached hydrogens (tertiary/aromatic N) is 3. The standard InChI is InChI=1S/C19H15N3O3S/c1-24-17-10-13(11-20)8-9-16(17)25-18(23)15-12-21-19(26-2)22(15)14-6-4-3-5-7-14/h3-10,12H,1-2H3. The molecule has 2 aromatic carbocycles. The van der Waals surface area contributed by atoms with Gasteiger partial charge in [-0.1, -0.05) is 30.0 Å². The SMILES string of the molecule is COc1cc(C#N)ccc1OC(=O)c1cnc(SC)n1-c1ccccc1. The van der Waals surface area contributed by atoms with Crippen LogP contribution < -0.4 is 9.47 Å². The number of ether oxygens (including phenoxy) is 2. The molecule has 0 saturated heterocycles. The largest absolute Gasteiger partial charge is 0.493 e. The molecule has 0 spiro atoms. The van der Waals surface area contributed by atoms with E-state index in [9.17, 15) is 4.79 Å². The summed E-state index contributed by atoms with van der Waals surface area (Å²) in [5, 5.41) is 9.65. The van der Waals surface area contributed by atoms with Gasteiger partial charge in [-0.15, -0.1) is 0 Å². The minimum absolute atomic E-state index is 0.239. The highest BCUT2D eigenvalue weighted by Crippen LogP contribution is 2.29. The first-order valence-corrected chi connectivity index (χ1v) is 8.88. The minimum atomic E-state index is -0.565. The molecule has 130 valence electrons. The van der Waals surface area contributed by atoms with Gasteiger partial charge in [0.2, 0.25) is 0 Å². The van der Waals surface area contributed by atoms with Crippen molar-refractivity contribution in [3.63, 3.8) is 0 Å². The number of carbonyl (C=O) groups is 1. The molecule has 0 N–H and O–H groups in total. The molecule has 0 saturated carbocycles. The Kier molecular flexibility index (Phi) is 5.25. The molecular weight excluding hydrogens is 350 g/mol. The Hall–Kier alpha value is -3.24. The number of aromatic nitrogens is 2. The van der Waals surface area contributed by atoms with Gasteiger partial charge in [-0.05, 0) is 30.5 Å². The monoisotopic (exact) mass is 365 g/mol. The van der Waals surface area contributed by atoms with Crippen LogP contribution in [0, 0.1) is 11.3 Å². The van der Waals surface area contributed by atoms with Crippen LogP contribution in [-0.2, 0) is 0 Å². The molecule has 0 aliphatic heterocycles. The second-order valence-electron chi connectivity index (χ2n) is 5.17. The average Bonchev–Trinajstić information content (AvgIpc) is 3.13. The molecule has 26 heavy (non-hydrogen) atoms. The van der Waals surface area contributed by atoms with Gasteiger partial charge in [0.25, 0.3) is 0 Å². The molecule has 3 rings (SSSR count). The van der Waals surface area contributed by atoms with Gasteiger partial charge in [0.1, 0.15) is 0 Å². The summed E-state index contributed by atoms with van der Waals surface area (Å²) < 4.78 is 12.4. The van der Waals surface area contributed by atoms with Crippen LogP contribution in [-0.4, -0.2) is 28.9 Å². The van der Waals surface area contributed by atoms with E-state index in [0.717, 1.165) is 5.69 Å². The van der Waals surface area contributed by atoms with E-state index < -0.39 is 5.97 Å². The molecule has 0 amide bonds. The Morgan fingerprint density at radius 2 is 1.96 bits per heavy atom. The summed E-state index contributed by atoms with van der Waals surface area (Å²) in [7, 11) is 1.45. The zero-order valence-corrected chi connectivity index (χ0v) is 15.0. The molecule has 0 aliphatic carbocycles. The van der Waals surface area contributed by atoms with Gasteiger partial charge in [-0.2, -0.15) is 5.26 Å². The molecule has 0 atom stereocenters. The van der Waals surface area contributed by atoms with E-state index in [1.807, 2.05) is 42.7 Å². The Bertz CT molecular complexity index is 977. The molecule has 0 aliphatic rings. The number of thioether (sulfide) groups is 1. The number of hydrogen-bond donors (Lipinski definition) is 0. The summed E-state index contributed by atoms with van der Waals surface area (Å²) in [6.07, 6.45) is 3.37. The first-order valence-electron chi connectivity index (χ1n) is 7.65. The third kappa shape index (κ3) is 3.41. The quantitative estimate of drug-likeness (QED) is 0.390. The topological polar surface area (TPSA) is 77.1 Å². The van der Waals surface area contributed by atoms with Gasteiger partial charge in [0, 0.05) is 11.8 Å². The van der Waals surface area contributed by atoms with Crippen molar-refractivity contribution < 1.29 is 14.3 Å². The number of carbonyl (C=O) groups excluding carboxylic acids is 1. The summed E-state index contributed by atoms with van der Waals surface area (Å²) in [5.74, 6) is -0.0130. The minimum Gasteiger partial charge on any atom is -0.493 e. The van der Waals surface area contributed by atoms with Crippen LogP contribution in [0.25, 0.3) is 5.69 Å². The number of nitriles is 1. The van der Waals surface area contributed by atoms with Crippen molar-refractivity contribution in [2.75, 3.05) is 13.4 Å². The Balaban J connectivity index is 1.97. The van der Waals surface area contributed by atoms with E-state index in [-0.39, 0.29) is 5.75 Å². The molecule has 1 heterocycles. The third-order valence-electron chi connectivity index (χ3n) is 3.63. The van der Waals surface area contributed by atoms with E-state index in [2.05, 4.69) is 4.98 Å². The van der Waals surface area contributed by atoms with Gasteiger partial charge in [-0.3, -0.25) is 4.57 Å². The summed E-state index contributed by atoms with van der Waals surface area (Å²) in [6.45, 7) is 0. The predicted molar refractivity (Wildman–Crippen MR) is 98.0 cm³/mol. The molecule has 6 nitrogen and oxygen atoms in total. The number of imidazole rings is 1. The lowest BCUT2D eigenvalue weighted by Gasteiger charge is -2.12. The van der Waals surface area contributed by atoms with Crippen molar-refractivity contribution in [2.24, 2.45) is 0 Å². The molecule has 3 aromatic rings. The zero-order valence-electron chi connectivity index (χ0n) is 14.2. The second-order valence-corrected chi connectivity index (χ2v) is 5.94. The number of benzene rings is 2. The summed E-state index contributed by atoms with van der Waals surface area (Å²) in [6, 6.07) is 16.1. The maximum absolute atomic E-state index is 12.7. The normalized spacial score (nSPS) is 10.2. The molecule has 0 radical (unpaired) electrons. The first-order chi connectivity index (χ1) is 12.7. The highest BCUT2D eigenvalue weighted by atomic mass is 32.2. The van der Waals surface area contributed by atoms with E-state index in [1.54, 1.807) is 10.6 Å². The van der Waals surface area contributed by atoms with Crippen LogP contribution in [0.2, 0.25) is 0 Å². The van der Waals surface area contributed by atoms with Crippen LogP contribution in [0.3, 0.4) is 0 Å². The molecular formula is C19H15N3O3S. The maximum Gasteiger partial charge on any atom is 0.362 e. The maximum atomic E-state index is 12.7. The number of esters is 1. The van der Waals surface area contributed by atoms with Gasteiger partial charge in [-0.25, -0.2) is 9.78 Å². The smallest absolute Gasteiger partial charge is 0.362 e. The molecule has 7 heteroatoms. The Labute approximate surface area is 155 Å². The van der Waals surface area contributed by atoms with Crippen molar-refractivity contribution in [2.45, 2.75) is 5.16 Å². The fourth-order valence-corrected chi connectivity index (χ4v) is 2.97. The highest BCUT2D eigenvalue weighted by Gasteiger charge is 2.21. The van der Waals surface area contributed by atoms with Gasteiger partial charge in [0.15, 0.2) is 22.3 Å². The predicted octanol–water partition coefficient (Wildman–Crippen LogP) is 3.69. The Morgan fingerprint density at radius 3 is 2.62 bits per heavy atom. The summed E-state index contributed by atoms with van der Waals surface area (Å²) in [4.78, 5) is 17.0. The lowest BCUT2D eigenvalue weighted by molar-refractivity contribution is 0.0720. The lowest BCUT2D eigenvalue weighted by atomic mass is 10.2. The highest BCUT2D eigenvalue weighted by molar-refractivity contribution is 7.98. The van der Waals surface area contributed by atoms with E-state index in [0.29, 0.717) is 22.2 Å². The Morgan fingerprint density at radius 1 is 1.19 bits per heavy atom. The van der Waals surface area contributed by atoms with E-state index >= 15 is 0 Å². The van der Waals surface area contributed by atoms with Crippen LogP contribution in [0.1, 0.15) is 16.1 Å². The van der Waals surface area contributed by atoms with Crippen molar-refractivity contribution in [3.05, 3.63) is 66.0 Å². The molecule has 0 bridgehead atoms. The number of methoxy groups -OCH3 is 1. The number of rotatable bonds is 5. The van der Waals surface area contributed by atoms with E-state index in [4.69, 9.17) is 14.7 Å². The van der Waals surface area contributed by atoms with Gasteiger partial charge < -0.3 is 9.47 Å². The fourth-order valence-electron chi connectivity index (χ4n) is 2.42. The van der Waals surface area contributed by atoms with Crippen molar-refractivity contribution in [3.8, 4) is 23.3 Å². The van der Waals surface area contributed by atoms with Crippen molar-refractivity contribution >= 4 is 17.7 Å². The van der Waals surface area contributed by atoms with Crippen LogP contribution in [0.4, 0.5) is 0 Å². The first kappa shape index (κ1) is 17.6. The van der Waals surface area contributed by atoms with Crippen molar-refractivity contribution in [1.29, 1.82) is 5.26 Å². The summed E-state index contributed by atoms with van der Waals surface area (Å²) >= 11 is 1.43. The van der Waals surface area contributed by atoms with Gasteiger partial charge >= 0.3 is 5.97 Å². The molecule has 0 fully saturated rings.